The summed E-state index contributed by atoms with van der Waals surface area (Å²) in [6.07, 6.45) is 15.1. The van der Waals surface area contributed by atoms with Crippen LogP contribution in [0.4, 0.5) is 0 Å². The van der Waals surface area contributed by atoms with Crippen LogP contribution in [0.15, 0.2) is 6.07 Å². The third-order valence-electron chi connectivity index (χ3n) is 7.73. The minimum Gasteiger partial charge on any atom is -0.477 e. The molecule has 1 aromatic heterocycles. The van der Waals surface area contributed by atoms with Crippen molar-refractivity contribution in [3.05, 3.63) is 11.8 Å². The monoisotopic (exact) mass is 357 g/mol. The number of rotatable bonds is 7. The minimum atomic E-state index is 0.798. The standard InChI is InChI=1S/C22H35N3O/c1-3-9-25-20(5-1)15-22(24-25)26-10-4-2-8-23-21-13-16-11-17-6-7-18(21)14-19(17)12-16/h15-19,21,23H,1-14H2. The molecule has 0 aromatic carbocycles. The van der Waals surface area contributed by atoms with E-state index in [2.05, 4.69) is 21.2 Å². The first kappa shape index (κ1) is 17.1. The maximum absolute atomic E-state index is 5.90. The second-order valence-electron chi connectivity index (χ2n) is 9.44. The summed E-state index contributed by atoms with van der Waals surface area (Å²) >= 11 is 0. The predicted molar refractivity (Wildman–Crippen MR) is 103 cm³/mol. The molecule has 0 spiro atoms. The SMILES string of the molecule is c1c(OCCCCNC2CC3CC4CCC2CC4C3)nn2c1CCCC2. The summed E-state index contributed by atoms with van der Waals surface area (Å²) < 4.78 is 8.03. The largest absolute Gasteiger partial charge is 0.477 e. The summed E-state index contributed by atoms with van der Waals surface area (Å²) in [6, 6.07) is 2.95. The normalized spacial score (nSPS) is 35.3. The van der Waals surface area contributed by atoms with Gasteiger partial charge in [-0.15, -0.1) is 5.10 Å². The second-order valence-corrected chi connectivity index (χ2v) is 9.44. The molecule has 144 valence electrons. The van der Waals surface area contributed by atoms with Gasteiger partial charge in [0.25, 0.3) is 0 Å². The number of fused-ring (bicyclic) bond motifs is 3. The van der Waals surface area contributed by atoms with Gasteiger partial charge in [-0.1, -0.05) is 0 Å². The van der Waals surface area contributed by atoms with Crippen molar-refractivity contribution in [3.63, 3.8) is 0 Å². The van der Waals surface area contributed by atoms with Gasteiger partial charge in [0.15, 0.2) is 0 Å². The van der Waals surface area contributed by atoms with Crippen molar-refractivity contribution in [1.82, 2.24) is 15.1 Å². The van der Waals surface area contributed by atoms with Gasteiger partial charge in [0.2, 0.25) is 5.88 Å². The lowest BCUT2D eigenvalue weighted by molar-refractivity contribution is 0.158. The number of nitrogens with zero attached hydrogens (tertiary/aromatic N) is 2. The van der Waals surface area contributed by atoms with Gasteiger partial charge in [-0.25, -0.2) is 0 Å². The van der Waals surface area contributed by atoms with Crippen LogP contribution in [-0.2, 0) is 13.0 Å². The van der Waals surface area contributed by atoms with Gasteiger partial charge in [-0.2, -0.15) is 0 Å². The lowest BCUT2D eigenvalue weighted by Crippen LogP contribution is -2.41. The molecule has 2 heterocycles. The van der Waals surface area contributed by atoms with Crippen molar-refractivity contribution in [2.75, 3.05) is 13.2 Å². The van der Waals surface area contributed by atoms with Crippen molar-refractivity contribution < 1.29 is 4.74 Å². The molecule has 1 aliphatic heterocycles. The van der Waals surface area contributed by atoms with E-state index in [0.29, 0.717) is 0 Å². The van der Waals surface area contributed by atoms with Crippen LogP contribution in [0.1, 0.15) is 69.9 Å². The highest BCUT2D eigenvalue weighted by molar-refractivity contribution is 5.16. The predicted octanol–water partition coefficient (Wildman–Crippen LogP) is 4.18. The van der Waals surface area contributed by atoms with E-state index in [1.165, 1.54) is 57.1 Å². The van der Waals surface area contributed by atoms with Gasteiger partial charge in [-0.05, 0) is 101 Å². The zero-order valence-corrected chi connectivity index (χ0v) is 16.2. The van der Waals surface area contributed by atoms with Gasteiger partial charge >= 0.3 is 0 Å². The number of hydrogen-bond donors (Lipinski definition) is 1. The van der Waals surface area contributed by atoms with Crippen LogP contribution in [0, 0.1) is 23.7 Å². The molecule has 3 aliphatic carbocycles. The fraction of sp³-hybridized carbons (Fsp3) is 0.864. The van der Waals surface area contributed by atoms with E-state index in [4.69, 9.17) is 4.74 Å². The number of aromatic nitrogens is 2. The number of unbranched alkanes of at least 4 members (excludes halogenated alkanes) is 1. The van der Waals surface area contributed by atoms with Crippen molar-refractivity contribution in [3.8, 4) is 5.88 Å². The van der Waals surface area contributed by atoms with Crippen molar-refractivity contribution in [2.45, 2.75) is 83.2 Å². The molecule has 3 fully saturated rings. The molecule has 4 aliphatic rings. The second kappa shape index (κ2) is 7.53. The molecular formula is C22H35N3O. The Balaban J connectivity index is 1.02. The Morgan fingerprint density at radius 3 is 2.92 bits per heavy atom. The van der Waals surface area contributed by atoms with Gasteiger partial charge in [0, 0.05) is 24.3 Å². The van der Waals surface area contributed by atoms with Crippen LogP contribution in [0.5, 0.6) is 5.88 Å². The first-order valence-electron chi connectivity index (χ1n) is 11.3. The van der Waals surface area contributed by atoms with E-state index in [9.17, 15) is 0 Å². The van der Waals surface area contributed by atoms with Crippen LogP contribution in [-0.4, -0.2) is 29.0 Å². The molecule has 3 saturated carbocycles. The highest BCUT2D eigenvalue weighted by atomic mass is 16.5. The zero-order valence-electron chi connectivity index (χ0n) is 16.2. The molecule has 0 amide bonds. The van der Waals surface area contributed by atoms with Crippen LogP contribution >= 0.6 is 0 Å². The first-order valence-corrected chi connectivity index (χ1v) is 11.3. The Morgan fingerprint density at radius 1 is 1.04 bits per heavy atom. The molecule has 1 N–H and O–H groups in total. The molecule has 0 saturated heterocycles. The van der Waals surface area contributed by atoms with Crippen LogP contribution in [0.25, 0.3) is 0 Å². The van der Waals surface area contributed by atoms with E-state index in [1.54, 1.807) is 6.42 Å². The Labute approximate surface area is 158 Å². The average Bonchev–Trinajstić information content (AvgIpc) is 3.20. The molecule has 5 rings (SSSR count). The van der Waals surface area contributed by atoms with E-state index < -0.39 is 0 Å². The fourth-order valence-corrected chi connectivity index (χ4v) is 6.43. The molecule has 5 unspecified atom stereocenters. The van der Waals surface area contributed by atoms with E-state index in [0.717, 1.165) is 68.1 Å². The molecular weight excluding hydrogens is 322 g/mol. The first-order chi connectivity index (χ1) is 12.8. The molecule has 0 radical (unpaired) electrons. The van der Waals surface area contributed by atoms with Crippen molar-refractivity contribution in [2.24, 2.45) is 23.7 Å². The third kappa shape index (κ3) is 3.54. The zero-order chi connectivity index (χ0) is 17.3. The van der Waals surface area contributed by atoms with Gasteiger partial charge in [-0.3, -0.25) is 4.68 Å². The van der Waals surface area contributed by atoms with Gasteiger partial charge < -0.3 is 10.1 Å². The van der Waals surface area contributed by atoms with Gasteiger partial charge in [0.05, 0.1) is 6.61 Å². The van der Waals surface area contributed by atoms with Crippen LogP contribution in [0.2, 0.25) is 0 Å². The smallest absolute Gasteiger partial charge is 0.232 e. The third-order valence-corrected chi connectivity index (χ3v) is 7.73. The maximum Gasteiger partial charge on any atom is 0.232 e. The molecule has 4 nitrogen and oxygen atoms in total. The number of aryl methyl sites for hydroxylation is 2. The van der Waals surface area contributed by atoms with E-state index in [1.807, 2.05) is 0 Å². The Hall–Kier alpha value is -1.03. The van der Waals surface area contributed by atoms with Crippen LogP contribution < -0.4 is 10.1 Å². The van der Waals surface area contributed by atoms with Gasteiger partial charge in [0.1, 0.15) is 0 Å². The molecule has 5 atom stereocenters. The van der Waals surface area contributed by atoms with E-state index in [-0.39, 0.29) is 0 Å². The number of hydrogen-bond acceptors (Lipinski definition) is 3. The summed E-state index contributed by atoms with van der Waals surface area (Å²) in [5.41, 5.74) is 1.35. The highest BCUT2D eigenvalue weighted by Gasteiger charge is 2.44. The van der Waals surface area contributed by atoms with Crippen molar-refractivity contribution in [1.29, 1.82) is 0 Å². The molecule has 4 heteroatoms. The summed E-state index contributed by atoms with van der Waals surface area (Å²) in [5.74, 6) is 5.02. The molecule has 3 bridgehead atoms. The maximum atomic E-state index is 5.90. The Kier molecular flexibility index (Phi) is 4.95. The Morgan fingerprint density at radius 2 is 1.96 bits per heavy atom. The summed E-state index contributed by atoms with van der Waals surface area (Å²) in [6.45, 7) is 3.03. The quantitative estimate of drug-likeness (QED) is 0.744. The lowest BCUT2D eigenvalue weighted by Gasteiger charge is -2.38. The highest BCUT2D eigenvalue weighted by Crippen LogP contribution is 2.52. The lowest BCUT2D eigenvalue weighted by atomic mass is 9.72. The number of ether oxygens (including phenoxy) is 1. The minimum absolute atomic E-state index is 0.798. The van der Waals surface area contributed by atoms with Crippen LogP contribution in [0.3, 0.4) is 0 Å². The fourth-order valence-electron chi connectivity index (χ4n) is 6.43. The number of nitrogens with one attached hydrogen (secondary N) is 1. The average molecular weight is 358 g/mol. The molecule has 26 heavy (non-hydrogen) atoms. The van der Waals surface area contributed by atoms with Crippen molar-refractivity contribution >= 4 is 0 Å². The summed E-state index contributed by atoms with van der Waals surface area (Å²) in [5, 5.41) is 8.51. The topological polar surface area (TPSA) is 39.1 Å². The van der Waals surface area contributed by atoms with E-state index >= 15 is 0 Å². The Bertz CT molecular complexity index is 587. The summed E-state index contributed by atoms with van der Waals surface area (Å²) in [7, 11) is 0. The summed E-state index contributed by atoms with van der Waals surface area (Å²) in [4.78, 5) is 0. The molecule has 1 aromatic rings.